The highest BCUT2D eigenvalue weighted by Crippen LogP contribution is 2.32. The fourth-order valence-corrected chi connectivity index (χ4v) is 3.17. The third-order valence-corrected chi connectivity index (χ3v) is 4.54. The minimum absolute atomic E-state index is 0.134. The van der Waals surface area contributed by atoms with Crippen LogP contribution in [0.3, 0.4) is 0 Å². The molecule has 4 rings (SSSR count). The van der Waals surface area contributed by atoms with Gasteiger partial charge >= 0.3 is 0 Å². The Bertz CT molecular complexity index is 901. The highest BCUT2D eigenvalue weighted by Gasteiger charge is 2.36. The molecular formula is C18H20N6O2. The highest BCUT2D eigenvalue weighted by atomic mass is 16.5. The molecule has 0 saturated carbocycles. The summed E-state index contributed by atoms with van der Waals surface area (Å²) in [5, 5.41) is 12.0. The van der Waals surface area contributed by atoms with Gasteiger partial charge in [0.15, 0.2) is 11.5 Å². The van der Waals surface area contributed by atoms with Crippen LogP contribution in [0.15, 0.2) is 41.1 Å². The Morgan fingerprint density at radius 3 is 2.81 bits per heavy atom. The van der Waals surface area contributed by atoms with Crippen LogP contribution in [-0.4, -0.2) is 42.5 Å². The predicted molar refractivity (Wildman–Crippen MR) is 92.8 cm³/mol. The third kappa shape index (κ3) is 2.87. The van der Waals surface area contributed by atoms with Gasteiger partial charge in [-0.2, -0.15) is 4.98 Å². The lowest BCUT2D eigenvalue weighted by Gasteiger charge is -2.21. The van der Waals surface area contributed by atoms with Crippen LogP contribution in [0.25, 0.3) is 5.69 Å². The van der Waals surface area contributed by atoms with Crippen molar-refractivity contribution in [3.8, 4) is 5.69 Å². The molecule has 1 aliphatic rings. The summed E-state index contributed by atoms with van der Waals surface area (Å²) in [5.41, 5.74) is 1.22. The lowest BCUT2D eigenvalue weighted by atomic mass is 10.2. The fraction of sp³-hybridized carbons (Fsp3) is 0.389. The van der Waals surface area contributed by atoms with E-state index in [2.05, 4.69) is 20.5 Å². The Morgan fingerprint density at radius 2 is 2.08 bits per heavy atom. The van der Waals surface area contributed by atoms with Gasteiger partial charge < -0.3 is 9.42 Å². The molecule has 0 bridgehead atoms. The van der Waals surface area contributed by atoms with E-state index in [4.69, 9.17) is 4.52 Å². The van der Waals surface area contributed by atoms with Gasteiger partial charge in [-0.1, -0.05) is 42.4 Å². The van der Waals surface area contributed by atoms with Crippen molar-refractivity contribution in [2.45, 2.75) is 38.6 Å². The first-order valence-electron chi connectivity index (χ1n) is 8.75. The number of nitrogens with zero attached hydrogens (tertiary/aromatic N) is 6. The maximum absolute atomic E-state index is 13.2. The zero-order valence-corrected chi connectivity index (χ0v) is 14.7. The summed E-state index contributed by atoms with van der Waals surface area (Å²) in [6.07, 6.45) is 3.19. The number of benzene rings is 1. The average Bonchev–Trinajstić information content (AvgIpc) is 3.41. The number of likely N-dealkylation sites (tertiary alicyclic amines) is 1. The second-order valence-electron chi connectivity index (χ2n) is 6.67. The van der Waals surface area contributed by atoms with Gasteiger partial charge in [0.05, 0.1) is 11.9 Å². The molecule has 1 aliphatic heterocycles. The zero-order valence-electron chi connectivity index (χ0n) is 14.7. The van der Waals surface area contributed by atoms with Crippen LogP contribution >= 0.6 is 0 Å². The van der Waals surface area contributed by atoms with Gasteiger partial charge in [-0.05, 0) is 25.0 Å². The maximum Gasteiger partial charge on any atom is 0.274 e. The lowest BCUT2D eigenvalue weighted by molar-refractivity contribution is 0.0700. The van der Waals surface area contributed by atoms with E-state index in [0.717, 1.165) is 18.5 Å². The molecule has 8 nitrogen and oxygen atoms in total. The second kappa shape index (κ2) is 6.70. The summed E-state index contributed by atoms with van der Waals surface area (Å²) in [6, 6.07) is 9.28. The first-order chi connectivity index (χ1) is 12.6. The Morgan fingerprint density at radius 1 is 1.27 bits per heavy atom. The molecule has 134 valence electrons. The van der Waals surface area contributed by atoms with Crippen molar-refractivity contribution in [2.24, 2.45) is 0 Å². The molecular weight excluding hydrogens is 332 g/mol. The van der Waals surface area contributed by atoms with Crippen LogP contribution in [0.1, 0.15) is 60.9 Å². The van der Waals surface area contributed by atoms with Crippen LogP contribution in [0, 0.1) is 0 Å². The topological polar surface area (TPSA) is 89.9 Å². The molecule has 1 aromatic carbocycles. The SMILES string of the molecule is CC(C)c1noc([C@@H]2CCCN2C(=O)c2cnnn2-c2ccccc2)n1. The van der Waals surface area contributed by atoms with Gasteiger partial charge in [-0.15, -0.1) is 5.10 Å². The van der Waals surface area contributed by atoms with Crippen LogP contribution in [0.2, 0.25) is 0 Å². The summed E-state index contributed by atoms with van der Waals surface area (Å²) in [7, 11) is 0. The third-order valence-electron chi connectivity index (χ3n) is 4.54. The van der Waals surface area contributed by atoms with Crippen molar-refractivity contribution < 1.29 is 9.32 Å². The van der Waals surface area contributed by atoms with Crippen molar-refractivity contribution in [1.82, 2.24) is 30.0 Å². The van der Waals surface area contributed by atoms with Crippen molar-refractivity contribution in [2.75, 3.05) is 6.54 Å². The maximum atomic E-state index is 13.2. The van der Waals surface area contributed by atoms with E-state index < -0.39 is 0 Å². The monoisotopic (exact) mass is 352 g/mol. The molecule has 0 unspecified atom stereocenters. The number of carbonyl (C=O) groups excluding carboxylic acids is 1. The number of para-hydroxylation sites is 1. The molecule has 3 aromatic rings. The van der Waals surface area contributed by atoms with Crippen LogP contribution < -0.4 is 0 Å². The Kier molecular flexibility index (Phi) is 4.24. The molecule has 26 heavy (non-hydrogen) atoms. The Balaban J connectivity index is 1.63. The fourth-order valence-electron chi connectivity index (χ4n) is 3.17. The van der Waals surface area contributed by atoms with E-state index in [-0.39, 0.29) is 17.9 Å². The van der Waals surface area contributed by atoms with E-state index in [9.17, 15) is 4.79 Å². The van der Waals surface area contributed by atoms with Crippen LogP contribution in [0.4, 0.5) is 0 Å². The van der Waals surface area contributed by atoms with E-state index in [1.54, 1.807) is 9.58 Å². The average molecular weight is 352 g/mol. The highest BCUT2D eigenvalue weighted by molar-refractivity contribution is 5.93. The van der Waals surface area contributed by atoms with E-state index in [0.29, 0.717) is 24.0 Å². The molecule has 0 spiro atoms. The van der Waals surface area contributed by atoms with Crippen molar-refractivity contribution in [3.05, 3.63) is 53.9 Å². The summed E-state index contributed by atoms with van der Waals surface area (Å²) in [6.45, 7) is 4.66. The Labute approximate surface area is 150 Å². The van der Waals surface area contributed by atoms with E-state index in [1.165, 1.54) is 6.20 Å². The number of carbonyl (C=O) groups is 1. The number of hydrogen-bond acceptors (Lipinski definition) is 6. The molecule has 8 heteroatoms. The minimum Gasteiger partial charge on any atom is -0.337 e. The van der Waals surface area contributed by atoms with Crippen molar-refractivity contribution >= 4 is 5.91 Å². The van der Waals surface area contributed by atoms with E-state index in [1.807, 2.05) is 44.2 Å². The zero-order chi connectivity index (χ0) is 18.1. The number of rotatable bonds is 4. The molecule has 2 aromatic heterocycles. The molecule has 3 heterocycles. The van der Waals surface area contributed by atoms with Crippen molar-refractivity contribution in [1.29, 1.82) is 0 Å². The molecule has 0 N–H and O–H groups in total. The molecule has 1 amide bonds. The summed E-state index contributed by atoms with van der Waals surface area (Å²) < 4.78 is 6.99. The van der Waals surface area contributed by atoms with Crippen molar-refractivity contribution in [3.63, 3.8) is 0 Å². The number of hydrogen-bond donors (Lipinski definition) is 0. The van der Waals surface area contributed by atoms with Gasteiger partial charge in [0, 0.05) is 12.5 Å². The van der Waals surface area contributed by atoms with E-state index >= 15 is 0 Å². The van der Waals surface area contributed by atoms with Gasteiger partial charge in [0.25, 0.3) is 5.91 Å². The lowest BCUT2D eigenvalue weighted by Crippen LogP contribution is -2.32. The predicted octanol–water partition coefficient (Wildman–Crippen LogP) is 2.75. The smallest absolute Gasteiger partial charge is 0.274 e. The summed E-state index contributed by atoms with van der Waals surface area (Å²) >= 11 is 0. The standard InChI is InChI=1S/C18H20N6O2/c1-12(2)16-20-17(26-21-16)14-9-6-10-23(14)18(25)15-11-19-22-24(15)13-7-4-3-5-8-13/h3-5,7-8,11-12,14H,6,9-10H2,1-2H3/t14-/m0/s1. The summed E-state index contributed by atoms with van der Waals surface area (Å²) in [4.78, 5) is 19.4. The largest absolute Gasteiger partial charge is 0.337 e. The summed E-state index contributed by atoms with van der Waals surface area (Å²) in [5.74, 6) is 1.21. The first kappa shape index (κ1) is 16.4. The number of aromatic nitrogens is 5. The molecule has 1 atom stereocenters. The Hall–Kier alpha value is -3.03. The van der Waals surface area contributed by atoms with Gasteiger partial charge in [-0.25, -0.2) is 4.68 Å². The minimum atomic E-state index is -0.207. The number of amides is 1. The molecule has 1 fully saturated rings. The quantitative estimate of drug-likeness (QED) is 0.717. The normalized spacial score (nSPS) is 17.2. The first-order valence-corrected chi connectivity index (χ1v) is 8.75. The molecule has 1 saturated heterocycles. The second-order valence-corrected chi connectivity index (χ2v) is 6.67. The van der Waals surface area contributed by atoms with Gasteiger partial charge in [0.1, 0.15) is 6.04 Å². The van der Waals surface area contributed by atoms with Crippen LogP contribution in [-0.2, 0) is 0 Å². The van der Waals surface area contributed by atoms with Gasteiger partial charge in [-0.3, -0.25) is 4.79 Å². The van der Waals surface area contributed by atoms with Crippen LogP contribution in [0.5, 0.6) is 0 Å². The van der Waals surface area contributed by atoms with Gasteiger partial charge in [0.2, 0.25) is 5.89 Å². The molecule has 0 radical (unpaired) electrons. The molecule has 0 aliphatic carbocycles.